The second-order valence-corrected chi connectivity index (χ2v) is 6.66. The van der Waals surface area contributed by atoms with Crippen LogP contribution in [0, 0.1) is 11.3 Å². The van der Waals surface area contributed by atoms with Crippen molar-refractivity contribution in [2.75, 3.05) is 7.05 Å². The smallest absolute Gasteiger partial charge is 0.138 e. The van der Waals surface area contributed by atoms with E-state index in [2.05, 4.69) is 47.9 Å². The molecule has 1 unspecified atom stereocenters. The fraction of sp³-hybridized carbons (Fsp3) is 0.867. The lowest BCUT2D eigenvalue weighted by Gasteiger charge is -2.33. The third kappa shape index (κ3) is 3.35. The van der Waals surface area contributed by atoms with Gasteiger partial charge in [-0.3, -0.25) is 0 Å². The Morgan fingerprint density at radius 2 is 2.05 bits per heavy atom. The molecule has 1 heterocycles. The molecule has 0 amide bonds. The second kappa shape index (κ2) is 6.04. The van der Waals surface area contributed by atoms with Crippen molar-refractivity contribution in [3.8, 4) is 0 Å². The van der Waals surface area contributed by atoms with E-state index in [9.17, 15) is 0 Å². The largest absolute Gasteiger partial charge is 0.316 e. The Hall–Kier alpha value is -0.900. The first-order valence-corrected chi connectivity index (χ1v) is 7.59. The zero-order valence-corrected chi connectivity index (χ0v) is 12.8. The van der Waals surface area contributed by atoms with Gasteiger partial charge in [-0.2, -0.15) is 5.10 Å². The quantitative estimate of drug-likeness (QED) is 0.859. The monoisotopic (exact) mass is 264 g/mol. The number of likely N-dealkylation sites (N-methyl/N-ethyl adjacent to an activating group) is 1. The van der Waals surface area contributed by atoms with Gasteiger partial charge in [0.2, 0.25) is 0 Å². The number of nitrogens with one attached hydrogen (secondary N) is 1. The molecule has 0 bridgehead atoms. The van der Waals surface area contributed by atoms with E-state index in [1.165, 1.54) is 25.7 Å². The van der Waals surface area contributed by atoms with Gasteiger partial charge in [-0.25, -0.2) is 9.67 Å². The summed E-state index contributed by atoms with van der Waals surface area (Å²) in [5.41, 5.74) is 0.420. The molecule has 0 spiro atoms. The lowest BCUT2D eigenvalue weighted by atomic mass is 9.79. The highest BCUT2D eigenvalue weighted by atomic mass is 15.3. The van der Waals surface area contributed by atoms with Crippen molar-refractivity contribution >= 4 is 0 Å². The van der Waals surface area contributed by atoms with Crippen LogP contribution in [0.5, 0.6) is 0 Å². The Morgan fingerprint density at radius 3 is 2.63 bits per heavy atom. The van der Waals surface area contributed by atoms with Gasteiger partial charge in [0, 0.05) is 19.0 Å². The van der Waals surface area contributed by atoms with Gasteiger partial charge in [0.15, 0.2) is 0 Å². The summed E-state index contributed by atoms with van der Waals surface area (Å²) in [5.74, 6) is 1.73. The highest BCUT2D eigenvalue weighted by molar-refractivity contribution is 4.98. The van der Waals surface area contributed by atoms with E-state index in [0.717, 1.165) is 18.8 Å². The molecule has 0 saturated heterocycles. The summed E-state index contributed by atoms with van der Waals surface area (Å²) in [7, 11) is 2.08. The van der Waals surface area contributed by atoms with Crippen molar-refractivity contribution in [1.29, 1.82) is 0 Å². The molecule has 4 nitrogen and oxygen atoms in total. The van der Waals surface area contributed by atoms with Gasteiger partial charge >= 0.3 is 0 Å². The Balaban J connectivity index is 2.08. The summed E-state index contributed by atoms with van der Waals surface area (Å²) in [6.45, 7) is 7.82. The van der Waals surface area contributed by atoms with Crippen LogP contribution in [0.15, 0.2) is 6.33 Å². The molecular formula is C15H28N4. The first-order chi connectivity index (χ1) is 9.05. The zero-order chi connectivity index (χ0) is 13.9. The van der Waals surface area contributed by atoms with Crippen LogP contribution in [0.2, 0.25) is 0 Å². The van der Waals surface area contributed by atoms with E-state index < -0.39 is 0 Å². The number of aromatic nitrogens is 3. The van der Waals surface area contributed by atoms with Crippen LogP contribution in [-0.4, -0.2) is 27.9 Å². The Labute approximate surface area is 117 Å². The molecule has 1 fully saturated rings. The first kappa shape index (κ1) is 14.5. The van der Waals surface area contributed by atoms with Gasteiger partial charge in [0.1, 0.15) is 12.2 Å². The van der Waals surface area contributed by atoms with Crippen LogP contribution in [0.1, 0.15) is 52.3 Å². The highest BCUT2D eigenvalue weighted by Crippen LogP contribution is 2.41. The molecule has 0 aliphatic heterocycles. The third-order valence-corrected chi connectivity index (χ3v) is 4.56. The molecule has 1 aliphatic rings. The van der Waals surface area contributed by atoms with E-state index in [1.807, 2.05) is 0 Å². The maximum Gasteiger partial charge on any atom is 0.138 e. The number of hydrogen-bond donors (Lipinski definition) is 1. The van der Waals surface area contributed by atoms with Gasteiger partial charge in [-0.1, -0.05) is 33.6 Å². The average molecular weight is 264 g/mol. The van der Waals surface area contributed by atoms with E-state index in [1.54, 1.807) is 6.33 Å². The van der Waals surface area contributed by atoms with E-state index in [0.29, 0.717) is 17.4 Å². The van der Waals surface area contributed by atoms with E-state index >= 15 is 0 Å². The summed E-state index contributed by atoms with van der Waals surface area (Å²) < 4.78 is 2.08. The summed E-state index contributed by atoms with van der Waals surface area (Å²) in [4.78, 5) is 4.47. The maximum absolute atomic E-state index is 4.47. The maximum atomic E-state index is 4.47. The molecule has 1 atom stereocenters. The first-order valence-electron chi connectivity index (χ1n) is 7.59. The molecule has 0 radical (unpaired) electrons. The SMILES string of the molecule is CNC(Cc1ncnn1CC(C)C)C1(C)CCCC1. The van der Waals surface area contributed by atoms with Gasteiger partial charge in [-0.05, 0) is 31.2 Å². The summed E-state index contributed by atoms with van der Waals surface area (Å²) in [6, 6.07) is 0.505. The van der Waals surface area contributed by atoms with Crippen molar-refractivity contribution in [3.63, 3.8) is 0 Å². The summed E-state index contributed by atoms with van der Waals surface area (Å²) >= 11 is 0. The lowest BCUT2D eigenvalue weighted by molar-refractivity contribution is 0.224. The molecule has 108 valence electrons. The van der Waals surface area contributed by atoms with Crippen LogP contribution in [-0.2, 0) is 13.0 Å². The van der Waals surface area contributed by atoms with Crippen molar-refractivity contribution < 1.29 is 0 Å². The molecule has 19 heavy (non-hydrogen) atoms. The predicted molar refractivity (Wildman–Crippen MR) is 78.0 cm³/mol. The number of nitrogens with zero attached hydrogens (tertiary/aromatic N) is 3. The Morgan fingerprint density at radius 1 is 1.37 bits per heavy atom. The van der Waals surface area contributed by atoms with Crippen LogP contribution in [0.25, 0.3) is 0 Å². The van der Waals surface area contributed by atoms with Crippen LogP contribution < -0.4 is 5.32 Å². The molecular weight excluding hydrogens is 236 g/mol. The van der Waals surface area contributed by atoms with E-state index in [4.69, 9.17) is 0 Å². The van der Waals surface area contributed by atoms with Crippen molar-refractivity contribution in [1.82, 2.24) is 20.1 Å². The zero-order valence-electron chi connectivity index (χ0n) is 12.8. The number of rotatable bonds is 6. The summed E-state index contributed by atoms with van der Waals surface area (Å²) in [5, 5.41) is 7.89. The van der Waals surface area contributed by atoms with Crippen LogP contribution >= 0.6 is 0 Å². The topological polar surface area (TPSA) is 42.7 Å². The van der Waals surface area contributed by atoms with Crippen molar-refractivity contribution in [3.05, 3.63) is 12.2 Å². The standard InChI is InChI=1S/C15H28N4/c1-12(2)10-19-14(17-11-18-19)9-13(16-4)15(3)7-5-6-8-15/h11-13,16H,5-10H2,1-4H3. The molecule has 1 aliphatic carbocycles. The van der Waals surface area contributed by atoms with Crippen LogP contribution in [0.4, 0.5) is 0 Å². The average Bonchev–Trinajstić information content (AvgIpc) is 2.96. The van der Waals surface area contributed by atoms with Gasteiger partial charge in [-0.15, -0.1) is 0 Å². The minimum absolute atomic E-state index is 0.420. The second-order valence-electron chi connectivity index (χ2n) is 6.66. The van der Waals surface area contributed by atoms with Gasteiger partial charge in [0.05, 0.1) is 0 Å². The molecule has 4 heteroatoms. The number of hydrogen-bond acceptors (Lipinski definition) is 3. The normalized spacial score (nSPS) is 20.1. The van der Waals surface area contributed by atoms with Gasteiger partial charge < -0.3 is 5.32 Å². The van der Waals surface area contributed by atoms with Crippen molar-refractivity contribution in [2.45, 2.75) is 65.5 Å². The fourth-order valence-electron chi connectivity index (χ4n) is 3.36. The minimum Gasteiger partial charge on any atom is -0.316 e. The molecule has 1 aromatic heterocycles. The van der Waals surface area contributed by atoms with Gasteiger partial charge in [0.25, 0.3) is 0 Å². The van der Waals surface area contributed by atoms with E-state index in [-0.39, 0.29) is 0 Å². The third-order valence-electron chi connectivity index (χ3n) is 4.56. The molecule has 0 aromatic carbocycles. The predicted octanol–water partition coefficient (Wildman–Crippen LogP) is 2.64. The lowest BCUT2D eigenvalue weighted by Crippen LogP contribution is -2.42. The molecule has 2 rings (SSSR count). The molecule has 1 saturated carbocycles. The summed E-state index contributed by atoms with van der Waals surface area (Å²) in [6.07, 6.45) is 8.08. The molecule has 1 N–H and O–H groups in total. The minimum atomic E-state index is 0.420. The van der Waals surface area contributed by atoms with Crippen molar-refractivity contribution in [2.24, 2.45) is 11.3 Å². The van der Waals surface area contributed by atoms with Crippen LogP contribution in [0.3, 0.4) is 0 Å². The Kier molecular flexibility index (Phi) is 4.61. The highest BCUT2D eigenvalue weighted by Gasteiger charge is 2.36. The fourth-order valence-corrected chi connectivity index (χ4v) is 3.36. The Bertz CT molecular complexity index is 391. The molecule has 1 aromatic rings.